The summed E-state index contributed by atoms with van der Waals surface area (Å²) < 4.78 is 1.67. The van der Waals surface area contributed by atoms with Crippen molar-refractivity contribution >= 4 is 64.5 Å². The molecule has 1 fully saturated rings. The second-order valence-corrected chi connectivity index (χ2v) is 9.36. The number of halogens is 3. The van der Waals surface area contributed by atoms with Crippen LogP contribution in [0.2, 0.25) is 5.02 Å². The fourth-order valence-electron chi connectivity index (χ4n) is 4.40. The van der Waals surface area contributed by atoms with Crippen LogP contribution in [0.25, 0.3) is 15.6 Å². The van der Waals surface area contributed by atoms with Gasteiger partial charge in [0.2, 0.25) is 0 Å². The zero-order valence-corrected chi connectivity index (χ0v) is 22.5. The highest BCUT2D eigenvalue weighted by molar-refractivity contribution is 6.31. The van der Waals surface area contributed by atoms with E-state index in [1.807, 2.05) is 37.3 Å². The van der Waals surface area contributed by atoms with Gasteiger partial charge in [-0.2, -0.15) is 5.10 Å². The lowest BCUT2D eigenvalue weighted by atomic mass is 9.91. The van der Waals surface area contributed by atoms with Crippen molar-refractivity contribution in [3.8, 4) is 0 Å². The molecular weight excluding hydrogens is 535 g/mol. The van der Waals surface area contributed by atoms with Crippen LogP contribution in [-0.4, -0.2) is 48.8 Å². The summed E-state index contributed by atoms with van der Waals surface area (Å²) in [5, 5.41) is 30.0. The molecule has 9 nitrogen and oxygen atoms in total. The summed E-state index contributed by atoms with van der Waals surface area (Å²) >= 11 is 6.28. The largest absolute Gasteiger partial charge is 0.388 e. The molecule has 3 heterocycles. The van der Waals surface area contributed by atoms with E-state index in [9.17, 15) is 5.11 Å². The highest BCUT2D eigenvalue weighted by Gasteiger charge is 2.34. The summed E-state index contributed by atoms with van der Waals surface area (Å²) in [6.45, 7) is 11.6. The number of fused-ring (bicyclic) bond motifs is 1. The topological polar surface area (TPSA) is 96.4 Å². The van der Waals surface area contributed by atoms with E-state index in [2.05, 4.69) is 35.3 Å². The van der Waals surface area contributed by atoms with Crippen LogP contribution in [0.5, 0.6) is 0 Å². The first kappa shape index (κ1) is 28.4. The molecule has 12 heteroatoms. The molecule has 4 aromatic rings. The summed E-state index contributed by atoms with van der Waals surface area (Å²) in [6, 6.07) is 11.5. The van der Waals surface area contributed by atoms with E-state index < -0.39 is 5.60 Å². The van der Waals surface area contributed by atoms with Gasteiger partial charge in [-0.3, -0.25) is 4.68 Å². The van der Waals surface area contributed by atoms with Gasteiger partial charge in [0.25, 0.3) is 0 Å². The van der Waals surface area contributed by atoms with Gasteiger partial charge >= 0.3 is 0 Å². The minimum Gasteiger partial charge on any atom is -0.388 e. The SMILES string of the molecule is Cl.Cl.[C-]#[N+]c1ccc2c(N3CCC(O)(Cn4cncn4)CC3)nnc(NCc3ccc(C)c(Cl)c3)c2c1. The summed E-state index contributed by atoms with van der Waals surface area (Å²) in [4.78, 5) is 9.70. The lowest BCUT2D eigenvalue weighted by Gasteiger charge is -2.38. The van der Waals surface area contributed by atoms with E-state index in [0.717, 1.165) is 32.7 Å². The van der Waals surface area contributed by atoms with Gasteiger partial charge in [0, 0.05) is 35.4 Å². The fraction of sp³-hybridized carbons (Fsp3) is 0.320. The summed E-state index contributed by atoms with van der Waals surface area (Å²) in [6.07, 6.45) is 4.24. The van der Waals surface area contributed by atoms with Crippen molar-refractivity contribution in [1.29, 1.82) is 0 Å². The lowest BCUT2D eigenvalue weighted by molar-refractivity contribution is -0.00319. The molecule has 1 aliphatic rings. The number of aliphatic hydroxyl groups is 1. The number of anilines is 2. The van der Waals surface area contributed by atoms with Crippen molar-refractivity contribution < 1.29 is 5.11 Å². The van der Waals surface area contributed by atoms with Gasteiger partial charge in [-0.15, -0.1) is 35.0 Å². The Morgan fingerprint density at radius 2 is 1.89 bits per heavy atom. The van der Waals surface area contributed by atoms with Crippen molar-refractivity contribution in [3.63, 3.8) is 0 Å². The van der Waals surface area contributed by atoms with Crippen molar-refractivity contribution in [2.45, 2.75) is 38.5 Å². The fourth-order valence-corrected chi connectivity index (χ4v) is 4.61. The Hall–Kier alpha value is -3.16. The van der Waals surface area contributed by atoms with Crippen LogP contribution in [0.3, 0.4) is 0 Å². The number of piperidine rings is 1. The Morgan fingerprint density at radius 3 is 2.57 bits per heavy atom. The Morgan fingerprint density at radius 1 is 1.11 bits per heavy atom. The quantitative estimate of drug-likeness (QED) is 0.312. The molecule has 0 spiro atoms. The molecule has 0 aliphatic carbocycles. The van der Waals surface area contributed by atoms with Crippen molar-refractivity contribution in [2.24, 2.45) is 0 Å². The van der Waals surface area contributed by atoms with Crippen molar-refractivity contribution in [3.05, 3.63) is 76.6 Å². The molecule has 0 unspecified atom stereocenters. The van der Waals surface area contributed by atoms with Crippen LogP contribution in [0.1, 0.15) is 24.0 Å². The maximum absolute atomic E-state index is 11.0. The summed E-state index contributed by atoms with van der Waals surface area (Å²) in [5.41, 5.74) is 1.76. The standard InChI is InChI=1S/C25H25ClN8O.2ClH/c1-17-3-4-18(11-22(17)26)13-29-23-21-12-19(27-2)5-6-20(21)24(32-31-23)33-9-7-25(35,8-10-33)14-34-16-28-15-30-34;;/h3-6,11-12,15-16,35H,7-10,13-14H2,1H3,(H,29,31);2*1H. The molecule has 2 aromatic carbocycles. The second-order valence-electron chi connectivity index (χ2n) is 8.96. The molecule has 37 heavy (non-hydrogen) atoms. The smallest absolute Gasteiger partial charge is 0.188 e. The van der Waals surface area contributed by atoms with Gasteiger partial charge in [0.15, 0.2) is 17.3 Å². The second kappa shape index (κ2) is 11.9. The predicted octanol–water partition coefficient (Wildman–Crippen LogP) is 5.22. The van der Waals surface area contributed by atoms with E-state index in [1.165, 1.54) is 6.33 Å². The molecule has 2 N–H and O–H groups in total. The monoisotopic (exact) mass is 560 g/mol. The number of hydrogen-bond acceptors (Lipinski definition) is 7. The molecule has 0 saturated carbocycles. The van der Waals surface area contributed by atoms with Crippen LogP contribution in [0, 0.1) is 13.5 Å². The van der Waals surface area contributed by atoms with Gasteiger partial charge < -0.3 is 15.3 Å². The Bertz CT molecular complexity index is 1400. The van der Waals surface area contributed by atoms with E-state index in [0.29, 0.717) is 50.5 Å². The highest BCUT2D eigenvalue weighted by Crippen LogP contribution is 2.35. The first-order chi connectivity index (χ1) is 16.9. The van der Waals surface area contributed by atoms with Crippen LogP contribution >= 0.6 is 36.4 Å². The minimum atomic E-state index is -0.846. The first-order valence-corrected chi connectivity index (χ1v) is 11.8. The van der Waals surface area contributed by atoms with Crippen LogP contribution in [-0.2, 0) is 13.1 Å². The summed E-state index contributed by atoms with van der Waals surface area (Å²) in [7, 11) is 0. The maximum atomic E-state index is 11.0. The number of rotatable bonds is 6. The highest BCUT2D eigenvalue weighted by atomic mass is 35.5. The number of nitrogens with zero attached hydrogens (tertiary/aromatic N) is 7. The number of aryl methyl sites for hydroxylation is 1. The molecule has 0 radical (unpaired) electrons. The van der Waals surface area contributed by atoms with E-state index in [1.54, 1.807) is 17.1 Å². The van der Waals surface area contributed by atoms with Crippen LogP contribution < -0.4 is 10.2 Å². The third kappa shape index (κ3) is 6.22. The average molecular weight is 562 g/mol. The summed E-state index contributed by atoms with van der Waals surface area (Å²) in [5.74, 6) is 1.37. The molecule has 2 aromatic heterocycles. The molecule has 5 rings (SSSR count). The van der Waals surface area contributed by atoms with E-state index in [4.69, 9.17) is 18.2 Å². The molecule has 1 saturated heterocycles. The minimum absolute atomic E-state index is 0. The van der Waals surface area contributed by atoms with Crippen molar-refractivity contribution in [1.82, 2.24) is 25.0 Å². The number of aromatic nitrogens is 5. The Balaban J connectivity index is 0.00000190. The van der Waals surface area contributed by atoms with Crippen LogP contribution in [0.15, 0.2) is 49.1 Å². The number of hydrogen-bond donors (Lipinski definition) is 2. The van der Waals surface area contributed by atoms with Gasteiger partial charge in [0.05, 0.1) is 18.7 Å². The third-order valence-corrected chi connectivity index (χ3v) is 6.89. The zero-order chi connectivity index (χ0) is 24.4. The molecule has 1 aliphatic heterocycles. The molecule has 194 valence electrons. The van der Waals surface area contributed by atoms with Gasteiger partial charge in [-0.1, -0.05) is 35.9 Å². The van der Waals surface area contributed by atoms with Crippen molar-refractivity contribution in [2.75, 3.05) is 23.3 Å². The Kier molecular flexibility index (Phi) is 9.16. The molecule has 0 bridgehead atoms. The number of nitrogens with one attached hydrogen (secondary N) is 1. The van der Waals surface area contributed by atoms with E-state index in [-0.39, 0.29) is 24.8 Å². The van der Waals surface area contributed by atoms with Crippen LogP contribution in [0.4, 0.5) is 17.3 Å². The molecule has 0 amide bonds. The molecule has 0 atom stereocenters. The first-order valence-electron chi connectivity index (χ1n) is 11.4. The van der Waals surface area contributed by atoms with E-state index >= 15 is 0 Å². The Labute approximate surface area is 232 Å². The third-order valence-electron chi connectivity index (χ3n) is 6.49. The molecular formula is C25H27Cl3N8O. The lowest BCUT2D eigenvalue weighted by Crippen LogP contribution is -2.47. The number of benzene rings is 2. The van der Waals surface area contributed by atoms with Gasteiger partial charge in [-0.05, 0) is 43.0 Å². The maximum Gasteiger partial charge on any atom is 0.188 e. The predicted molar refractivity (Wildman–Crippen MR) is 150 cm³/mol. The normalized spacial score (nSPS) is 14.4. The average Bonchev–Trinajstić information content (AvgIpc) is 3.37. The zero-order valence-electron chi connectivity index (χ0n) is 20.1. The van der Waals surface area contributed by atoms with Gasteiger partial charge in [0.1, 0.15) is 12.7 Å². The van der Waals surface area contributed by atoms with Gasteiger partial charge in [-0.25, -0.2) is 9.83 Å².